The summed E-state index contributed by atoms with van der Waals surface area (Å²) in [4.78, 5) is 13.9. The Morgan fingerprint density at radius 1 is 1.48 bits per heavy atom. The molecule has 1 heterocycles. The average molecular weight is 305 g/mol. The Hall–Kier alpha value is -2.29. The number of benzene rings is 1. The molecule has 1 atom stereocenters. The first kappa shape index (κ1) is 15.1. The van der Waals surface area contributed by atoms with Gasteiger partial charge in [-0.1, -0.05) is 17.7 Å². The quantitative estimate of drug-likeness (QED) is 0.796. The van der Waals surface area contributed by atoms with Crippen LogP contribution in [0.4, 0.5) is 0 Å². The number of hydrogen-bond acceptors (Lipinski definition) is 4. The van der Waals surface area contributed by atoms with Crippen LogP contribution >= 0.6 is 11.6 Å². The van der Waals surface area contributed by atoms with Gasteiger partial charge < -0.3 is 9.15 Å². The Labute approximate surface area is 127 Å². The average Bonchev–Trinajstić information content (AvgIpc) is 3.00. The summed E-state index contributed by atoms with van der Waals surface area (Å²) in [5, 5.41) is 9.60. The first-order valence-corrected chi connectivity index (χ1v) is 6.55. The topological polar surface area (TPSA) is 66.5 Å². The minimum absolute atomic E-state index is 0.129. The fourth-order valence-electron chi connectivity index (χ4n) is 1.87. The summed E-state index contributed by atoms with van der Waals surface area (Å²) in [6.07, 6.45) is 0.493. The predicted octanol–water partition coefficient (Wildman–Crippen LogP) is 3.07. The van der Waals surface area contributed by atoms with Gasteiger partial charge in [-0.15, -0.1) is 0 Å². The van der Waals surface area contributed by atoms with Crippen LogP contribution in [0.2, 0.25) is 5.02 Å². The maximum absolute atomic E-state index is 12.6. The summed E-state index contributed by atoms with van der Waals surface area (Å²) in [5.74, 6) is 0.199. The maximum atomic E-state index is 12.6. The summed E-state index contributed by atoms with van der Waals surface area (Å²) in [5.41, 5.74) is 0.381. The molecule has 6 heteroatoms. The van der Waals surface area contributed by atoms with Gasteiger partial charge in [0, 0.05) is 17.7 Å². The molecule has 0 radical (unpaired) electrons. The van der Waals surface area contributed by atoms with E-state index in [1.54, 1.807) is 36.4 Å². The Balaban J connectivity index is 2.30. The van der Waals surface area contributed by atoms with Crippen LogP contribution in [0.5, 0.6) is 0 Å². The maximum Gasteiger partial charge on any atom is 0.257 e. The molecule has 108 valence electrons. The van der Waals surface area contributed by atoms with E-state index >= 15 is 0 Å². The molecule has 0 fully saturated rings. The SMILES string of the molecule is COC(C#N)N(Cc1ccco1)C(=O)c1cccc(Cl)c1. The number of nitrogens with zero attached hydrogens (tertiary/aromatic N) is 2. The molecule has 1 amide bonds. The zero-order valence-corrected chi connectivity index (χ0v) is 12.1. The van der Waals surface area contributed by atoms with Crippen molar-refractivity contribution in [1.29, 1.82) is 5.26 Å². The van der Waals surface area contributed by atoms with Crippen molar-refractivity contribution in [2.45, 2.75) is 12.8 Å². The van der Waals surface area contributed by atoms with Crippen LogP contribution in [0, 0.1) is 11.3 Å². The van der Waals surface area contributed by atoms with Crippen LogP contribution in [0.15, 0.2) is 47.1 Å². The number of carbonyl (C=O) groups excluding carboxylic acids is 1. The molecular weight excluding hydrogens is 292 g/mol. The van der Waals surface area contributed by atoms with Gasteiger partial charge >= 0.3 is 0 Å². The zero-order chi connectivity index (χ0) is 15.2. The van der Waals surface area contributed by atoms with Gasteiger partial charge in [0.05, 0.1) is 12.8 Å². The third kappa shape index (κ3) is 3.63. The second-order valence-corrected chi connectivity index (χ2v) is 4.68. The Morgan fingerprint density at radius 3 is 2.86 bits per heavy atom. The molecule has 0 aliphatic heterocycles. The first-order chi connectivity index (χ1) is 10.2. The number of furan rings is 1. The van der Waals surface area contributed by atoms with Crippen LogP contribution in [-0.2, 0) is 11.3 Å². The van der Waals surface area contributed by atoms with Gasteiger partial charge in [0.1, 0.15) is 11.8 Å². The van der Waals surface area contributed by atoms with Crippen molar-refractivity contribution < 1.29 is 13.9 Å². The largest absolute Gasteiger partial charge is 0.467 e. The third-order valence-corrected chi connectivity index (χ3v) is 3.09. The molecule has 2 rings (SSSR count). The smallest absolute Gasteiger partial charge is 0.257 e. The van der Waals surface area contributed by atoms with Crippen LogP contribution in [0.3, 0.4) is 0 Å². The lowest BCUT2D eigenvalue weighted by Gasteiger charge is -2.25. The highest BCUT2D eigenvalue weighted by molar-refractivity contribution is 6.30. The van der Waals surface area contributed by atoms with E-state index in [0.29, 0.717) is 16.3 Å². The molecule has 1 aromatic heterocycles. The lowest BCUT2D eigenvalue weighted by Crippen LogP contribution is -2.40. The van der Waals surface area contributed by atoms with E-state index in [1.807, 2.05) is 6.07 Å². The van der Waals surface area contributed by atoms with Crippen LogP contribution in [0.25, 0.3) is 0 Å². The summed E-state index contributed by atoms with van der Waals surface area (Å²) in [6.45, 7) is 0.129. The summed E-state index contributed by atoms with van der Waals surface area (Å²) in [7, 11) is 1.37. The molecule has 0 bridgehead atoms. The van der Waals surface area contributed by atoms with Crippen molar-refractivity contribution in [3.05, 3.63) is 59.0 Å². The number of rotatable bonds is 5. The molecule has 0 aliphatic rings. The molecule has 1 aromatic carbocycles. The number of nitriles is 1. The Morgan fingerprint density at radius 2 is 2.29 bits per heavy atom. The van der Waals surface area contributed by atoms with Gasteiger partial charge in [-0.3, -0.25) is 9.69 Å². The molecule has 0 aliphatic carbocycles. The molecule has 2 aromatic rings. The van der Waals surface area contributed by atoms with E-state index in [0.717, 1.165) is 0 Å². The number of amides is 1. The van der Waals surface area contributed by atoms with E-state index in [1.165, 1.54) is 18.3 Å². The standard InChI is InChI=1S/C15H13ClN2O3/c1-20-14(9-17)18(10-13-6-3-7-21-13)15(19)11-4-2-5-12(16)8-11/h2-8,14H,10H2,1H3. The summed E-state index contributed by atoms with van der Waals surface area (Å²) >= 11 is 5.90. The van der Waals surface area contributed by atoms with Gasteiger partial charge in [-0.05, 0) is 30.3 Å². The molecule has 0 N–H and O–H groups in total. The molecular formula is C15H13ClN2O3. The monoisotopic (exact) mass is 304 g/mol. The van der Waals surface area contributed by atoms with E-state index < -0.39 is 6.23 Å². The van der Waals surface area contributed by atoms with Crippen molar-refractivity contribution in [3.8, 4) is 6.07 Å². The van der Waals surface area contributed by atoms with E-state index in [4.69, 9.17) is 26.0 Å². The molecule has 21 heavy (non-hydrogen) atoms. The normalized spacial score (nSPS) is 11.7. The third-order valence-electron chi connectivity index (χ3n) is 2.86. The number of carbonyl (C=O) groups is 1. The highest BCUT2D eigenvalue weighted by atomic mass is 35.5. The molecule has 1 unspecified atom stereocenters. The van der Waals surface area contributed by atoms with E-state index in [2.05, 4.69) is 0 Å². The van der Waals surface area contributed by atoms with Crippen molar-refractivity contribution in [2.24, 2.45) is 0 Å². The van der Waals surface area contributed by atoms with Gasteiger partial charge in [0.2, 0.25) is 6.23 Å². The number of methoxy groups -OCH3 is 1. The van der Waals surface area contributed by atoms with Crippen LogP contribution in [-0.4, -0.2) is 24.1 Å². The van der Waals surface area contributed by atoms with Gasteiger partial charge in [-0.2, -0.15) is 5.26 Å². The van der Waals surface area contributed by atoms with Gasteiger partial charge in [0.25, 0.3) is 5.91 Å². The number of halogens is 1. The zero-order valence-electron chi connectivity index (χ0n) is 11.3. The first-order valence-electron chi connectivity index (χ1n) is 6.17. The Bertz CT molecular complexity index is 649. The van der Waals surface area contributed by atoms with Gasteiger partial charge in [-0.25, -0.2) is 0 Å². The molecule has 0 spiro atoms. The highest BCUT2D eigenvalue weighted by Crippen LogP contribution is 2.17. The van der Waals surface area contributed by atoms with Crippen LogP contribution in [0.1, 0.15) is 16.1 Å². The lowest BCUT2D eigenvalue weighted by atomic mass is 10.2. The summed E-state index contributed by atoms with van der Waals surface area (Å²) < 4.78 is 10.3. The molecule has 0 saturated heterocycles. The molecule has 0 saturated carbocycles. The van der Waals surface area contributed by atoms with Crippen molar-refractivity contribution >= 4 is 17.5 Å². The van der Waals surface area contributed by atoms with Gasteiger partial charge in [0.15, 0.2) is 0 Å². The Kier molecular flexibility index (Phi) is 4.99. The summed E-state index contributed by atoms with van der Waals surface area (Å²) in [6, 6.07) is 11.9. The minimum Gasteiger partial charge on any atom is -0.467 e. The fraction of sp³-hybridized carbons (Fsp3) is 0.200. The number of hydrogen-bond donors (Lipinski definition) is 0. The number of ether oxygens (including phenoxy) is 1. The predicted molar refractivity (Wildman–Crippen MR) is 76.4 cm³/mol. The van der Waals surface area contributed by atoms with Crippen molar-refractivity contribution in [1.82, 2.24) is 4.90 Å². The molecule has 5 nitrogen and oxygen atoms in total. The highest BCUT2D eigenvalue weighted by Gasteiger charge is 2.25. The van der Waals surface area contributed by atoms with Crippen LogP contribution < -0.4 is 0 Å². The second-order valence-electron chi connectivity index (χ2n) is 4.24. The minimum atomic E-state index is -1.01. The second kappa shape index (κ2) is 6.93. The van der Waals surface area contributed by atoms with E-state index in [9.17, 15) is 4.79 Å². The van der Waals surface area contributed by atoms with Crippen molar-refractivity contribution in [3.63, 3.8) is 0 Å². The fourth-order valence-corrected chi connectivity index (χ4v) is 2.06. The van der Waals surface area contributed by atoms with Crippen molar-refractivity contribution in [2.75, 3.05) is 7.11 Å². The van der Waals surface area contributed by atoms with E-state index in [-0.39, 0.29) is 12.5 Å². The lowest BCUT2D eigenvalue weighted by molar-refractivity contribution is 0.00408.